The van der Waals surface area contributed by atoms with E-state index in [-0.39, 0.29) is 17.9 Å². The van der Waals surface area contributed by atoms with Gasteiger partial charge in [-0.25, -0.2) is 0 Å². The Morgan fingerprint density at radius 1 is 1.07 bits per heavy atom. The molecule has 0 aliphatic carbocycles. The third-order valence-corrected chi connectivity index (χ3v) is 4.77. The molecular weight excluding hydrogens is 374 g/mol. The van der Waals surface area contributed by atoms with Crippen LogP contribution in [-0.4, -0.2) is 53.7 Å². The van der Waals surface area contributed by atoms with Gasteiger partial charge in [0.15, 0.2) is 11.5 Å². The van der Waals surface area contributed by atoms with Crippen LogP contribution < -0.4 is 9.47 Å². The fourth-order valence-electron chi connectivity index (χ4n) is 3.47. The lowest BCUT2D eigenvalue weighted by Gasteiger charge is -2.27. The molecule has 3 rings (SSSR count). The van der Waals surface area contributed by atoms with Crippen LogP contribution in [0.4, 0.5) is 0 Å². The number of rotatable bonds is 6. The van der Waals surface area contributed by atoms with Crippen molar-refractivity contribution in [3.8, 4) is 11.5 Å². The molecule has 0 radical (unpaired) electrons. The van der Waals surface area contributed by atoms with E-state index in [0.29, 0.717) is 22.6 Å². The van der Waals surface area contributed by atoms with Crippen molar-refractivity contribution in [1.82, 2.24) is 4.90 Å². The van der Waals surface area contributed by atoms with E-state index in [1.54, 1.807) is 48.5 Å². The molecule has 0 spiro atoms. The average Bonchev–Trinajstić information content (AvgIpc) is 2.97. The van der Waals surface area contributed by atoms with Gasteiger partial charge in [-0.15, -0.1) is 0 Å². The fourth-order valence-corrected chi connectivity index (χ4v) is 3.47. The third kappa shape index (κ3) is 3.82. The van der Waals surface area contributed by atoms with Gasteiger partial charge in [0.25, 0.3) is 11.7 Å². The van der Waals surface area contributed by atoms with Gasteiger partial charge in [0.2, 0.25) is 0 Å². The maximum absolute atomic E-state index is 12.8. The van der Waals surface area contributed by atoms with Gasteiger partial charge in [-0.2, -0.15) is 0 Å². The van der Waals surface area contributed by atoms with Crippen molar-refractivity contribution in [2.45, 2.75) is 19.1 Å². The van der Waals surface area contributed by atoms with Crippen molar-refractivity contribution in [3.63, 3.8) is 0 Å². The largest absolute Gasteiger partial charge is 0.507 e. The van der Waals surface area contributed by atoms with E-state index in [1.165, 1.54) is 26.0 Å². The van der Waals surface area contributed by atoms with E-state index in [9.17, 15) is 19.8 Å². The zero-order chi connectivity index (χ0) is 21.1. The summed E-state index contributed by atoms with van der Waals surface area (Å²) in [6.07, 6.45) is -0.854. The molecule has 0 unspecified atom stereocenters. The smallest absolute Gasteiger partial charge is 0.295 e. The van der Waals surface area contributed by atoms with Crippen LogP contribution in [0.2, 0.25) is 0 Å². The first-order chi connectivity index (χ1) is 13.9. The molecule has 2 aromatic rings. The van der Waals surface area contributed by atoms with E-state index in [1.807, 2.05) is 0 Å². The fraction of sp³-hybridized carbons (Fsp3) is 0.273. The number of ether oxygens (including phenoxy) is 2. The van der Waals surface area contributed by atoms with Crippen molar-refractivity contribution in [2.24, 2.45) is 0 Å². The van der Waals surface area contributed by atoms with E-state index in [0.717, 1.165) is 0 Å². The van der Waals surface area contributed by atoms with Crippen LogP contribution in [-0.2, 0) is 9.59 Å². The van der Waals surface area contributed by atoms with Crippen LogP contribution >= 0.6 is 0 Å². The van der Waals surface area contributed by atoms with E-state index >= 15 is 0 Å². The van der Waals surface area contributed by atoms with Crippen molar-refractivity contribution >= 4 is 17.4 Å². The summed E-state index contributed by atoms with van der Waals surface area (Å²) in [5.41, 5.74) is 0.946. The number of nitrogens with zero attached hydrogens (tertiary/aromatic N) is 1. The van der Waals surface area contributed by atoms with Gasteiger partial charge in [0, 0.05) is 12.1 Å². The first kappa shape index (κ1) is 20.4. The molecule has 7 nitrogen and oxygen atoms in total. The lowest BCUT2D eigenvalue weighted by Crippen LogP contribution is -2.35. The Kier molecular flexibility index (Phi) is 5.89. The molecule has 2 N–H and O–H groups in total. The average molecular weight is 397 g/mol. The molecule has 1 saturated heterocycles. The second kappa shape index (κ2) is 8.36. The Bertz CT molecular complexity index is 951. The summed E-state index contributed by atoms with van der Waals surface area (Å²) in [6.45, 7) is 1.47. The second-order valence-electron chi connectivity index (χ2n) is 6.78. The van der Waals surface area contributed by atoms with E-state index < -0.39 is 23.8 Å². The van der Waals surface area contributed by atoms with Crippen molar-refractivity contribution < 1.29 is 29.3 Å². The molecular formula is C22H23NO6. The highest BCUT2D eigenvalue weighted by molar-refractivity contribution is 6.46. The first-order valence-electron chi connectivity index (χ1n) is 9.12. The molecule has 2 aromatic carbocycles. The van der Waals surface area contributed by atoms with Gasteiger partial charge >= 0.3 is 0 Å². The summed E-state index contributed by atoms with van der Waals surface area (Å²) in [4.78, 5) is 26.8. The quantitative estimate of drug-likeness (QED) is 0.442. The van der Waals surface area contributed by atoms with Gasteiger partial charge in [0.1, 0.15) is 5.76 Å². The molecule has 1 aliphatic rings. The highest BCUT2D eigenvalue weighted by atomic mass is 16.5. The molecule has 1 fully saturated rings. The lowest BCUT2D eigenvalue weighted by molar-refractivity contribution is -0.140. The maximum atomic E-state index is 12.8. The first-order valence-corrected chi connectivity index (χ1v) is 9.12. The predicted molar refractivity (Wildman–Crippen MR) is 107 cm³/mol. The standard InChI is InChI=1S/C22H23NO6/c1-13(24)12-23-19(15-9-10-16(28-2)17(11-15)29-3)18(21(26)22(23)27)20(25)14-7-5-4-6-8-14/h4-11,13,19,24-25H,12H2,1-3H3/t13-,19+/m0/s1. The molecule has 0 aromatic heterocycles. The number of methoxy groups -OCH3 is 2. The number of β-amino-alcohol motifs (C(OH)–C–C–N with tert-alkyl or cyclic N) is 1. The molecule has 7 heteroatoms. The van der Waals surface area contributed by atoms with Crippen molar-refractivity contribution in [3.05, 3.63) is 65.2 Å². The number of Topliss-reactive ketones (excluding diaryl/α,β-unsaturated/α-hetero) is 1. The van der Waals surface area contributed by atoms with Crippen LogP contribution in [0.15, 0.2) is 54.1 Å². The van der Waals surface area contributed by atoms with Gasteiger partial charge in [-0.3, -0.25) is 9.59 Å². The number of hydrogen-bond donors (Lipinski definition) is 2. The number of aliphatic hydroxyl groups is 2. The highest BCUT2D eigenvalue weighted by Gasteiger charge is 2.46. The Balaban J connectivity index is 2.21. The lowest BCUT2D eigenvalue weighted by atomic mass is 9.95. The second-order valence-corrected chi connectivity index (χ2v) is 6.78. The molecule has 1 amide bonds. The number of benzene rings is 2. The normalized spacial score (nSPS) is 19.3. The SMILES string of the molecule is COc1ccc([C@@H]2C(=C(O)c3ccccc3)C(=O)C(=O)N2C[C@H](C)O)cc1OC. The van der Waals surface area contributed by atoms with Gasteiger partial charge in [-0.1, -0.05) is 36.4 Å². The summed E-state index contributed by atoms with van der Waals surface area (Å²) in [5, 5.41) is 20.8. The van der Waals surface area contributed by atoms with Crippen LogP contribution in [0.3, 0.4) is 0 Å². The van der Waals surface area contributed by atoms with Crippen LogP contribution in [0.1, 0.15) is 24.1 Å². The van der Waals surface area contributed by atoms with Crippen LogP contribution in [0.25, 0.3) is 5.76 Å². The number of amides is 1. The Labute approximate surface area is 168 Å². The zero-order valence-electron chi connectivity index (χ0n) is 16.5. The number of carbonyl (C=O) groups excluding carboxylic acids is 2. The molecule has 152 valence electrons. The molecule has 2 atom stereocenters. The maximum Gasteiger partial charge on any atom is 0.295 e. The summed E-state index contributed by atoms with van der Waals surface area (Å²) in [5.74, 6) is -0.925. The van der Waals surface area contributed by atoms with Gasteiger partial charge in [-0.05, 0) is 24.6 Å². The highest BCUT2D eigenvalue weighted by Crippen LogP contribution is 2.41. The monoisotopic (exact) mass is 397 g/mol. The van der Waals surface area contributed by atoms with Crippen LogP contribution in [0.5, 0.6) is 11.5 Å². The minimum Gasteiger partial charge on any atom is -0.507 e. The number of aliphatic hydroxyl groups excluding tert-OH is 2. The van der Waals surface area contributed by atoms with E-state index in [4.69, 9.17) is 9.47 Å². The minimum atomic E-state index is -0.871. The Morgan fingerprint density at radius 2 is 1.72 bits per heavy atom. The molecule has 0 bridgehead atoms. The van der Waals surface area contributed by atoms with Gasteiger partial charge < -0.3 is 24.6 Å². The van der Waals surface area contributed by atoms with Crippen molar-refractivity contribution in [2.75, 3.05) is 20.8 Å². The number of carbonyl (C=O) groups is 2. The molecule has 1 heterocycles. The van der Waals surface area contributed by atoms with E-state index in [2.05, 4.69) is 0 Å². The Morgan fingerprint density at radius 3 is 2.31 bits per heavy atom. The summed E-state index contributed by atoms with van der Waals surface area (Å²) in [6, 6.07) is 12.7. The zero-order valence-corrected chi connectivity index (χ0v) is 16.5. The molecule has 1 aliphatic heterocycles. The topological polar surface area (TPSA) is 96.3 Å². The number of ketones is 1. The number of hydrogen-bond acceptors (Lipinski definition) is 6. The molecule has 29 heavy (non-hydrogen) atoms. The van der Waals surface area contributed by atoms with Gasteiger partial charge in [0.05, 0.1) is 31.9 Å². The molecule has 0 saturated carbocycles. The van der Waals surface area contributed by atoms with Crippen molar-refractivity contribution in [1.29, 1.82) is 0 Å². The summed E-state index contributed by atoms with van der Waals surface area (Å²) < 4.78 is 10.6. The summed E-state index contributed by atoms with van der Waals surface area (Å²) >= 11 is 0. The third-order valence-electron chi connectivity index (χ3n) is 4.77. The summed E-state index contributed by atoms with van der Waals surface area (Å²) in [7, 11) is 2.99. The number of likely N-dealkylation sites (tertiary alicyclic amines) is 1. The Hall–Kier alpha value is -3.32. The predicted octanol–water partition coefficient (Wildman–Crippen LogP) is 2.51. The minimum absolute atomic E-state index is 0.0333. The van der Waals surface area contributed by atoms with Crippen LogP contribution in [0, 0.1) is 0 Å².